The summed E-state index contributed by atoms with van der Waals surface area (Å²) in [5.74, 6) is 1.51. The van der Waals surface area contributed by atoms with Crippen LogP contribution < -0.4 is 9.64 Å². The van der Waals surface area contributed by atoms with E-state index in [-0.39, 0.29) is 6.04 Å². The average molecular weight is 309 g/mol. The lowest BCUT2D eigenvalue weighted by Gasteiger charge is -2.26. The highest BCUT2D eigenvalue weighted by Gasteiger charge is 2.33. The molecule has 0 bridgehead atoms. The quantitative estimate of drug-likeness (QED) is 0.943. The Labute approximate surface area is 135 Å². The first kappa shape index (κ1) is 15.3. The minimum absolute atomic E-state index is 0.0156. The summed E-state index contributed by atoms with van der Waals surface area (Å²) in [4.78, 5) is 6.50. The molecule has 5 nitrogen and oxygen atoms in total. The van der Waals surface area contributed by atoms with Gasteiger partial charge in [0.05, 0.1) is 19.3 Å². The maximum atomic E-state index is 10.1. The zero-order chi connectivity index (χ0) is 16.4. The summed E-state index contributed by atoms with van der Waals surface area (Å²) in [7, 11) is 1.64. The Balaban J connectivity index is 1.98. The monoisotopic (exact) mass is 309 g/mol. The summed E-state index contributed by atoms with van der Waals surface area (Å²) in [6, 6.07) is 13.8. The van der Waals surface area contributed by atoms with Crippen molar-refractivity contribution in [1.29, 1.82) is 5.26 Å². The van der Waals surface area contributed by atoms with Gasteiger partial charge in [-0.2, -0.15) is 5.26 Å². The van der Waals surface area contributed by atoms with Crippen molar-refractivity contribution in [2.24, 2.45) is 0 Å². The number of ether oxygens (including phenoxy) is 1. The summed E-state index contributed by atoms with van der Waals surface area (Å²) in [6.07, 6.45) is 0.213. The smallest absolute Gasteiger partial charge is 0.145 e. The number of nitriles is 1. The minimum Gasteiger partial charge on any atom is -0.497 e. The van der Waals surface area contributed by atoms with Crippen molar-refractivity contribution in [2.75, 3.05) is 18.6 Å². The molecule has 0 aliphatic carbocycles. The van der Waals surface area contributed by atoms with Crippen LogP contribution in [0.1, 0.15) is 29.3 Å². The van der Waals surface area contributed by atoms with Gasteiger partial charge in [0.25, 0.3) is 0 Å². The molecule has 0 radical (unpaired) electrons. The van der Waals surface area contributed by atoms with Gasteiger partial charge in [0.2, 0.25) is 0 Å². The topological polar surface area (TPSA) is 69.4 Å². The number of methoxy groups -OCH3 is 1. The van der Waals surface area contributed by atoms with E-state index in [2.05, 4.69) is 16.0 Å². The fourth-order valence-electron chi connectivity index (χ4n) is 3.02. The Hall–Kier alpha value is -2.58. The zero-order valence-electron chi connectivity index (χ0n) is 13.2. The van der Waals surface area contributed by atoms with Gasteiger partial charge in [0.15, 0.2) is 0 Å². The molecule has 3 rings (SSSR count). The highest BCUT2D eigenvalue weighted by molar-refractivity contribution is 5.49. The molecular formula is C18H19N3O2. The Morgan fingerprint density at radius 2 is 2.17 bits per heavy atom. The van der Waals surface area contributed by atoms with Gasteiger partial charge >= 0.3 is 0 Å². The Kier molecular flexibility index (Phi) is 4.18. The molecule has 1 aliphatic rings. The van der Waals surface area contributed by atoms with E-state index in [0.717, 1.165) is 22.7 Å². The van der Waals surface area contributed by atoms with Crippen LogP contribution in [-0.2, 0) is 0 Å². The molecule has 0 amide bonds. The molecule has 1 saturated heterocycles. The molecule has 1 aromatic heterocycles. The highest BCUT2D eigenvalue weighted by atomic mass is 16.5. The van der Waals surface area contributed by atoms with E-state index < -0.39 is 6.10 Å². The van der Waals surface area contributed by atoms with Gasteiger partial charge in [-0.3, -0.25) is 0 Å². The second kappa shape index (κ2) is 6.27. The normalized spacial score (nSPS) is 20.3. The van der Waals surface area contributed by atoms with Crippen molar-refractivity contribution in [3.8, 4) is 11.8 Å². The molecule has 5 heteroatoms. The van der Waals surface area contributed by atoms with Gasteiger partial charge < -0.3 is 14.7 Å². The third kappa shape index (κ3) is 2.99. The van der Waals surface area contributed by atoms with Crippen molar-refractivity contribution in [3.05, 3.63) is 53.2 Å². The fourth-order valence-corrected chi connectivity index (χ4v) is 3.02. The number of aliphatic hydroxyl groups is 1. The number of aliphatic hydroxyl groups excluding tert-OH is 1. The van der Waals surface area contributed by atoms with Crippen LogP contribution in [0.4, 0.5) is 5.82 Å². The first-order valence-corrected chi connectivity index (χ1v) is 7.58. The summed E-state index contributed by atoms with van der Waals surface area (Å²) in [6.45, 7) is 2.37. The van der Waals surface area contributed by atoms with Crippen LogP contribution in [0.5, 0.6) is 5.75 Å². The molecule has 2 aromatic rings. The second-order valence-corrected chi connectivity index (χ2v) is 5.78. The fraction of sp³-hybridized carbons (Fsp3) is 0.333. The van der Waals surface area contributed by atoms with Gasteiger partial charge in [-0.25, -0.2) is 4.98 Å². The molecule has 2 atom stereocenters. The number of nitrogens with zero attached hydrogens (tertiary/aromatic N) is 3. The number of aromatic nitrogens is 1. The van der Waals surface area contributed by atoms with E-state index in [1.54, 1.807) is 7.11 Å². The zero-order valence-corrected chi connectivity index (χ0v) is 13.2. The van der Waals surface area contributed by atoms with Crippen LogP contribution >= 0.6 is 0 Å². The van der Waals surface area contributed by atoms with Crippen molar-refractivity contribution < 1.29 is 9.84 Å². The van der Waals surface area contributed by atoms with Gasteiger partial charge in [0.1, 0.15) is 23.3 Å². The van der Waals surface area contributed by atoms with Crippen LogP contribution in [0.25, 0.3) is 0 Å². The molecule has 23 heavy (non-hydrogen) atoms. The number of hydrogen-bond donors (Lipinski definition) is 1. The van der Waals surface area contributed by atoms with E-state index in [9.17, 15) is 10.4 Å². The van der Waals surface area contributed by atoms with Crippen molar-refractivity contribution in [2.45, 2.75) is 25.5 Å². The number of rotatable bonds is 3. The predicted octanol–water partition coefficient (Wildman–Crippen LogP) is 2.58. The second-order valence-electron chi connectivity index (χ2n) is 5.78. The first-order valence-electron chi connectivity index (χ1n) is 7.58. The van der Waals surface area contributed by atoms with Crippen LogP contribution in [0, 0.1) is 18.3 Å². The van der Waals surface area contributed by atoms with Gasteiger partial charge in [0, 0.05) is 6.54 Å². The molecule has 118 valence electrons. The summed E-state index contributed by atoms with van der Waals surface area (Å²) in [5, 5.41) is 19.3. The molecule has 1 N–H and O–H groups in total. The molecule has 1 aliphatic heterocycles. The lowest BCUT2D eigenvalue weighted by molar-refractivity contribution is 0.194. The number of pyridine rings is 1. The van der Waals surface area contributed by atoms with E-state index in [1.807, 2.05) is 43.3 Å². The lowest BCUT2D eigenvalue weighted by atomic mass is 10.0. The molecule has 0 spiro atoms. The molecule has 2 heterocycles. The van der Waals surface area contributed by atoms with Crippen molar-refractivity contribution >= 4 is 5.82 Å². The number of β-amino-alcohol motifs (C(OH)–C–C–N with tert-alkyl or cyclic N) is 1. The van der Waals surface area contributed by atoms with Crippen molar-refractivity contribution in [3.63, 3.8) is 0 Å². The number of anilines is 1. The highest BCUT2D eigenvalue weighted by Crippen LogP contribution is 2.36. The van der Waals surface area contributed by atoms with Crippen LogP contribution in [0.3, 0.4) is 0 Å². The minimum atomic E-state index is -0.417. The van der Waals surface area contributed by atoms with E-state index >= 15 is 0 Å². The van der Waals surface area contributed by atoms with E-state index in [1.165, 1.54) is 0 Å². The largest absolute Gasteiger partial charge is 0.497 e. The maximum absolute atomic E-state index is 10.1. The maximum Gasteiger partial charge on any atom is 0.145 e. The molecular weight excluding hydrogens is 290 g/mol. The third-order valence-electron chi connectivity index (χ3n) is 4.24. The Morgan fingerprint density at radius 3 is 2.91 bits per heavy atom. The van der Waals surface area contributed by atoms with E-state index in [0.29, 0.717) is 18.7 Å². The van der Waals surface area contributed by atoms with Gasteiger partial charge in [-0.15, -0.1) is 0 Å². The van der Waals surface area contributed by atoms with Crippen molar-refractivity contribution in [1.82, 2.24) is 4.98 Å². The summed E-state index contributed by atoms with van der Waals surface area (Å²) < 4.78 is 5.29. The number of aryl methyl sites for hydroxylation is 1. The first-order chi connectivity index (χ1) is 11.1. The van der Waals surface area contributed by atoms with Crippen LogP contribution in [-0.4, -0.2) is 29.8 Å². The van der Waals surface area contributed by atoms with Gasteiger partial charge in [-0.1, -0.05) is 18.2 Å². The number of hydrogen-bond acceptors (Lipinski definition) is 5. The summed E-state index contributed by atoms with van der Waals surface area (Å²) >= 11 is 0. The van der Waals surface area contributed by atoms with Gasteiger partial charge in [-0.05, 0) is 42.7 Å². The third-order valence-corrected chi connectivity index (χ3v) is 4.24. The van der Waals surface area contributed by atoms with E-state index in [4.69, 9.17) is 4.74 Å². The molecule has 1 fully saturated rings. The Bertz CT molecular complexity index is 754. The molecule has 0 saturated carbocycles. The standard InChI is InChI=1S/C18H19N3O2/c1-12-6-7-18(20-16(12)10-19)21-11-14(22)9-17(21)13-4-3-5-15(8-13)23-2/h3-8,14,17,22H,9,11H2,1-2H3/t14-,17-/m1/s1. The molecule has 0 unspecified atom stereocenters. The average Bonchev–Trinajstić information content (AvgIpc) is 2.97. The molecule has 1 aromatic carbocycles. The van der Waals surface area contributed by atoms with Crippen LogP contribution in [0.15, 0.2) is 36.4 Å². The predicted molar refractivity (Wildman–Crippen MR) is 87.4 cm³/mol. The van der Waals surface area contributed by atoms with Crippen LogP contribution in [0.2, 0.25) is 0 Å². The summed E-state index contributed by atoms with van der Waals surface area (Å²) in [5.41, 5.74) is 2.35. The lowest BCUT2D eigenvalue weighted by Crippen LogP contribution is -2.25. The SMILES string of the molecule is COc1cccc([C@H]2C[C@@H](O)CN2c2ccc(C)c(C#N)n2)c1. The Morgan fingerprint density at radius 1 is 1.35 bits per heavy atom. The number of benzene rings is 1.